The second kappa shape index (κ2) is 9.06. The first-order chi connectivity index (χ1) is 13.9. The lowest BCUT2D eigenvalue weighted by molar-refractivity contribution is 0.0906. The molecule has 6 nitrogen and oxygen atoms in total. The summed E-state index contributed by atoms with van der Waals surface area (Å²) in [5, 5.41) is 12.0. The van der Waals surface area contributed by atoms with Gasteiger partial charge in [-0.3, -0.25) is 4.79 Å². The van der Waals surface area contributed by atoms with Gasteiger partial charge >= 0.3 is 0 Å². The third kappa shape index (κ3) is 4.36. The van der Waals surface area contributed by atoms with Crippen LogP contribution in [0.5, 0.6) is 0 Å². The molecule has 1 fully saturated rings. The van der Waals surface area contributed by atoms with Crippen LogP contribution in [-0.2, 0) is 0 Å². The molecule has 0 saturated carbocycles. The highest BCUT2D eigenvalue weighted by Crippen LogP contribution is 2.35. The predicted octanol–water partition coefficient (Wildman–Crippen LogP) is 4.18. The van der Waals surface area contributed by atoms with Crippen LogP contribution >= 0.6 is 23.3 Å². The van der Waals surface area contributed by atoms with E-state index in [1.54, 1.807) is 18.2 Å². The minimum absolute atomic E-state index is 0.00954. The Morgan fingerprint density at radius 2 is 1.97 bits per heavy atom. The normalized spacial score (nSPS) is 14.2. The maximum Gasteiger partial charge on any atom is 0.263 e. The molecular weight excluding hydrogens is 409 g/mol. The van der Waals surface area contributed by atoms with Crippen LogP contribution in [0.15, 0.2) is 29.2 Å². The summed E-state index contributed by atoms with van der Waals surface area (Å²) in [5.41, 5.74) is 8.43. The zero-order chi connectivity index (χ0) is 21.1. The number of carbonyl (C=O) groups is 1. The number of amides is 1. The van der Waals surface area contributed by atoms with Crippen LogP contribution in [0.25, 0.3) is 10.2 Å². The molecule has 1 saturated heterocycles. The maximum atomic E-state index is 13.7. The number of aryl methyl sites for hydroxylation is 2. The zero-order valence-corrected chi connectivity index (χ0v) is 18.5. The Balaban J connectivity index is 0.00000117. The Bertz CT molecular complexity index is 1030. The van der Waals surface area contributed by atoms with E-state index in [2.05, 4.69) is 15.5 Å². The lowest BCUT2D eigenvalue weighted by Gasteiger charge is -2.38. The number of halogens is 1. The molecular formula is C20H24FN5OS2. The standard InChI is InChI=1S/C18H18FN5OS2.C2H6/c1-9-10(2)22-23-18-14(9)15(20)16(26-18)17(25)21-11-7-24(8-11)27-13-6-4-3-5-12(13)19;1-2/h3-6,11H,7-8,20H2,1-2H3,(H,21,25);1-2H3. The molecule has 0 atom stereocenters. The number of hydrogen-bond donors (Lipinski definition) is 2. The Hall–Kier alpha value is -2.23. The number of aromatic nitrogens is 2. The molecule has 3 N–H and O–H groups in total. The van der Waals surface area contributed by atoms with Gasteiger partial charge in [0, 0.05) is 18.5 Å². The summed E-state index contributed by atoms with van der Waals surface area (Å²) in [7, 11) is 0. The Kier molecular flexibility index (Phi) is 6.71. The van der Waals surface area contributed by atoms with Crippen molar-refractivity contribution < 1.29 is 9.18 Å². The molecule has 29 heavy (non-hydrogen) atoms. The minimum atomic E-state index is -0.236. The fourth-order valence-electron chi connectivity index (χ4n) is 2.92. The second-order valence-electron chi connectivity index (χ2n) is 6.47. The monoisotopic (exact) mass is 433 g/mol. The van der Waals surface area contributed by atoms with Crippen molar-refractivity contribution in [1.82, 2.24) is 19.8 Å². The molecule has 2 aromatic heterocycles. The average molecular weight is 434 g/mol. The number of nitrogen functional groups attached to an aromatic ring is 1. The van der Waals surface area contributed by atoms with Crippen molar-refractivity contribution in [3.8, 4) is 0 Å². The number of carbonyl (C=O) groups excluding carboxylic acids is 1. The highest BCUT2D eigenvalue weighted by molar-refractivity contribution is 7.97. The van der Waals surface area contributed by atoms with E-state index in [9.17, 15) is 9.18 Å². The van der Waals surface area contributed by atoms with E-state index in [0.717, 1.165) is 16.6 Å². The molecule has 1 aliphatic heterocycles. The molecule has 1 amide bonds. The average Bonchev–Trinajstić information content (AvgIpc) is 3.03. The fraction of sp³-hybridized carbons (Fsp3) is 0.350. The Morgan fingerprint density at radius 1 is 1.28 bits per heavy atom. The summed E-state index contributed by atoms with van der Waals surface area (Å²) < 4.78 is 15.7. The van der Waals surface area contributed by atoms with Crippen LogP contribution in [0.1, 0.15) is 34.8 Å². The van der Waals surface area contributed by atoms with E-state index in [1.807, 2.05) is 32.0 Å². The summed E-state index contributed by atoms with van der Waals surface area (Å²) in [6.07, 6.45) is 0. The molecule has 4 rings (SSSR count). The van der Waals surface area contributed by atoms with Gasteiger partial charge in [-0.05, 0) is 43.5 Å². The number of hydrogen-bond acceptors (Lipinski definition) is 7. The molecule has 0 bridgehead atoms. The van der Waals surface area contributed by atoms with Gasteiger partial charge in [-0.15, -0.1) is 16.4 Å². The molecule has 0 aliphatic carbocycles. The second-order valence-corrected chi connectivity index (χ2v) is 8.61. The number of thiophene rings is 1. The van der Waals surface area contributed by atoms with E-state index < -0.39 is 0 Å². The first-order valence-corrected chi connectivity index (χ1v) is 11.0. The summed E-state index contributed by atoms with van der Waals surface area (Å²) in [6.45, 7) is 9.09. The number of rotatable bonds is 4. The number of anilines is 1. The molecule has 1 aromatic carbocycles. The van der Waals surface area contributed by atoms with Crippen LogP contribution in [-0.4, -0.2) is 39.5 Å². The van der Waals surface area contributed by atoms with Gasteiger partial charge in [0.05, 0.1) is 22.3 Å². The number of nitrogens with zero attached hydrogens (tertiary/aromatic N) is 3. The van der Waals surface area contributed by atoms with Crippen LogP contribution in [0, 0.1) is 19.7 Å². The molecule has 3 aromatic rings. The molecule has 3 heterocycles. The predicted molar refractivity (Wildman–Crippen MR) is 118 cm³/mol. The van der Waals surface area contributed by atoms with Gasteiger partial charge in [-0.25, -0.2) is 8.70 Å². The van der Waals surface area contributed by atoms with Gasteiger partial charge in [-0.2, -0.15) is 5.10 Å². The first kappa shape index (κ1) is 21.5. The minimum Gasteiger partial charge on any atom is -0.397 e. The quantitative estimate of drug-likeness (QED) is 0.601. The van der Waals surface area contributed by atoms with Gasteiger partial charge in [0.2, 0.25) is 0 Å². The van der Waals surface area contributed by atoms with E-state index in [4.69, 9.17) is 5.73 Å². The lowest BCUT2D eigenvalue weighted by atomic mass is 10.1. The number of benzene rings is 1. The summed E-state index contributed by atoms with van der Waals surface area (Å²) >= 11 is 2.62. The topological polar surface area (TPSA) is 84.1 Å². The van der Waals surface area contributed by atoms with Gasteiger partial charge in [0.1, 0.15) is 15.5 Å². The van der Waals surface area contributed by atoms with Gasteiger partial charge in [0.15, 0.2) is 0 Å². The smallest absolute Gasteiger partial charge is 0.263 e. The SMILES string of the molecule is CC.Cc1nnc2sc(C(=O)NC3CN(Sc4ccccc4F)C3)c(N)c2c1C. The fourth-order valence-corrected chi connectivity index (χ4v) is 5.01. The van der Waals surface area contributed by atoms with E-state index in [-0.39, 0.29) is 17.8 Å². The molecule has 0 radical (unpaired) electrons. The highest BCUT2D eigenvalue weighted by Gasteiger charge is 2.31. The lowest BCUT2D eigenvalue weighted by Crippen LogP contribution is -2.56. The Morgan fingerprint density at radius 3 is 2.66 bits per heavy atom. The van der Waals surface area contributed by atoms with Crippen molar-refractivity contribution in [2.24, 2.45) is 0 Å². The van der Waals surface area contributed by atoms with Crippen molar-refractivity contribution in [2.75, 3.05) is 18.8 Å². The van der Waals surface area contributed by atoms with Crippen LogP contribution < -0.4 is 11.1 Å². The van der Waals surface area contributed by atoms with E-state index in [1.165, 1.54) is 29.4 Å². The Labute approximate surface area is 177 Å². The molecule has 0 unspecified atom stereocenters. The van der Waals surface area contributed by atoms with Gasteiger partial charge < -0.3 is 11.1 Å². The zero-order valence-electron chi connectivity index (χ0n) is 16.8. The van der Waals surface area contributed by atoms with Crippen molar-refractivity contribution >= 4 is 45.1 Å². The van der Waals surface area contributed by atoms with Crippen LogP contribution in [0.4, 0.5) is 10.1 Å². The van der Waals surface area contributed by atoms with Crippen molar-refractivity contribution in [1.29, 1.82) is 0 Å². The van der Waals surface area contributed by atoms with Crippen LogP contribution in [0.3, 0.4) is 0 Å². The third-order valence-corrected chi connectivity index (χ3v) is 6.76. The molecule has 154 valence electrons. The summed E-state index contributed by atoms with van der Waals surface area (Å²) in [4.78, 5) is 14.4. The number of nitrogens with one attached hydrogen (secondary N) is 1. The van der Waals surface area contributed by atoms with Crippen molar-refractivity contribution in [3.05, 3.63) is 46.2 Å². The largest absolute Gasteiger partial charge is 0.397 e. The highest BCUT2D eigenvalue weighted by atomic mass is 32.2. The van der Waals surface area contributed by atoms with Crippen LogP contribution in [0.2, 0.25) is 0 Å². The molecule has 9 heteroatoms. The van der Waals surface area contributed by atoms with E-state index in [0.29, 0.717) is 33.4 Å². The van der Waals surface area contributed by atoms with Crippen molar-refractivity contribution in [2.45, 2.75) is 38.6 Å². The summed E-state index contributed by atoms with van der Waals surface area (Å²) in [6, 6.07) is 6.67. The molecule has 0 spiro atoms. The van der Waals surface area contributed by atoms with Gasteiger partial charge in [-0.1, -0.05) is 26.0 Å². The third-order valence-electron chi connectivity index (χ3n) is 4.59. The van der Waals surface area contributed by atoms with E-state index >= 15 is 0 Å². The number of fused-ring (bicyclic) bond motifs is 1. The van der Waals surface area contributed by atoms with Crippen molar-refractivity contribution in [3.63, 3.8) is 0 Å². The summed E-state index contributed by atoms with van der Waals surface area (Å²) in [5.74, 6) is -0.437. The van der Waals surface area contributed by atoms with Gasteiger partial charge in [0.25, 0.3) is 5.91 Å². The molecule has 1 aliphatic rings. The first-order valence-electron chi connectivity index (χ1n) is 9.44. The number of nitrogens with two attached hydrogens (primary N) is 1. The maximum absolute atomic E-state index is 13.7.